The SMILES string of the molecule is Cc1ncc(I)c(C(F)F)c1I. The van der Waals surface area contributed by atoms with Crippen LogP contribution in [0.2, 0.25) is 0 Å². The van der Waals surface area contributed by atoms with E-state index in [0.717, 1.165) is 0 Å². The highest BCUT2D eigenvalue weighted by Gasteiger charge is 2.17. The van der Waals surface area contributed by atoms with E-state index in [1.165, 1.54) is 6.20 Å². The molecule has 0 atom stereocenters. The Morgan fingerprint density at radius 3 is 2.42 bits per heavy atom. The van der Waals surface area contributed by atoms with Crippen LogP contribution in [0.25, 0.3) is 0 Å². The van der Waals surface area contributed by atoms with E-state index in [-0.39, 0.29) is 5.56 Å². The number of hydrogen-bond acceptors (Lipinski definition) is 1. The monoisotopic (exact) mass is 395 g/mol. The maximum Gasteiger partial charge on any atom is 0.266 e. The fourth-order valence-electron chi connectivity index (χ4n) is 0.779. The number of aromatic nitrogens is 1. The lowest BCUT2D eigenvalue weighted by molar-refractivity contribution is 0.149. The molecule has 0 aliphatic carbocycles. The van der Waals surface area contributed by atoms with Crippen molar-refractivity contribution in [3.63, 3.8) is 0 Å². The van der Waals surface area contributed by atoms with E-state index >= 15 is 0 Å². The van der Waals surface area contributed by atoms with Crippen molar-refractivity contribution in [2.24, 2.45) is 0 Å². The van der Waals surface area contributed by atoms with Crippen molar-refractivity contribution in [1.82, 2.24) is 4.98 Å². The van der Waals surface area contributed by atoms with E-state index in [1.54, 1.807) is 6.92 Å². The van der Waals surface area contributed by atoms with Crippen LogP contribution < -0.4 is 0 Å². The van der Waals surface area contributed by atoms with Crippen molar-refractivity contribution in [3.05, 3.63) is 24.6 Å². The lowest BCUT2D eigenvalue weighted by atomic mass is 10.2. The van der Waals surface area contributed by atoms with Crippen LogP contribution in [0.5, 0.6) is 0 Å². The van der Waals surface area contributed by atoms with Gasteiger partial charge in [-0.3, -0.25) is 4.98 Å². The molecular weight excluding hydrogens is 390 g/mol. The largest absolute Gasteiger partial charge is 0.266 e. The maximum absolute atomic E-state index is 12.4. The smallest absolute Gasteiger partial charge is 0.259 e. The van der Waals surface area contributed by atoms with Gasteiger partial charge in [0.1, 0.15) is 0 Å². The van der Waals surface area contributed by atoms with Gasteiger partial charge in [-0.2, -0.15) is 0 Å². The molecule has 0 unspecified atom stereocenters. The topological polar surface area (TPSA) is 12.9 Å². The Morgan fingerprint density at radius 1 is 1.42 bits per heavy atom. The van der Waals surface area contributed by atoms with E-state index in [4.69, 9.17) is 0 Å². The summed E-state index contributed by atoms with van der Waals surface area (Å²) in [6.45, 7) is 1.73. The molecule has 0 spiro atoms. The number of aryl methyl sites for hydroxylation is 1. The lowest BCUT2D eigenvalue weighted by Gasteiger charge is -2.07. The van der Waals surface area contributed by atoms with Crippen LogP contribution in [0.3, 0.4) is 0 Å². The summed E-state index contributed by atoms with van der Waals surface area (Å²) in [6, 6.07) is 0. The Morgan fingerprint density at radius 2 is 2.00 bits per heavy atom. The first-order chi connectivity index (χ1) is 5.54. The average molecular weight is 395 g/mol. The molecule has 1 rings (SSSR count). The van der Waals surface area contributed by atoms with E-state index in [1.807, 2.05) is 45.2 Å². The third-order valence-electron chi connectivity index (χ3n) is 1.40. The van der Waals surface area contributed by atoms with Crippen LogP contribution in [-0.4, -0.2) is 4.98 Å². The third kappa shape index (κ3) is 2.04. The molecule has 5 heteroatoms. The van der Waals surface area contributed by atoms with Crippen molar-refractivity contribution in [3.8, 4) is 0 Å². The Bertz CT molecular complexity index is 302. The molecule has 0 aliphatic heterocycles. The highest BCUT2D eigenvalue weighted by atomic mass is 127. The summed E-state index contributed by atoms with van der Waals surface area (Å²) in [5.41, 5.74) is 0.759. The van der Waals surface area contributed by atoms with Crippen LogP contribution in [-0.2, 0) is 0 Å². The van der Waals surface area contributed by atoms with E-state index < -0.39 is 6.43 Å². The molecule has 0 amide bonds. The first-order valence-corrected chi connectivity index (χ1v) is 5.28. The Labute approximate surface area is 96.2 Å². The second-order valence-electron chi connectivity index (χ2n) is 2.22. The second-order valence-corrected chi connectivity index (χ2v) is 4.46. The molecule has 0 aromatic carbocycles. The molecule has 0 bridgehead atoms. The average Bonchev–Trinajstić information content (AvgIpc) is 1.97. The molecule has 1 aromatic rings. The minimum atomic E-state index is -2.41. The maximum atomic E-state index is 12.4. The molecule has 66 valence electrons. The minimum Gasteiger partial charge on any atom is -0.259 e. The van der Waals surface area contributed by atoms with Crippen LogP contribution >= 0.6 is 45.2 Å². The summed E-state index contributed by atoms with van der Waals surface area (Å²) >= 11 is 3.77. The van der Waals surface area contributed by atoms with Crippen LogP contribution in [0.15, 0.2) is 6.20 Å². The van der Waals surface area contributed by atoms with Gasteiger partial charge >= 0.3 is 0 Å². The van der Waals surface area contributed by atoms with Crippen LogP contribution in [0, 0.1) is 14.1 Å². The van der Waals surface area contributed by atoms with Gasteiger partial charge in [0.15, 0.2) is 0 Å². The number of alkyl halides is 2. The predicted molar refractivity (Wildman–Crippen MR) is 59.4 cm³/mol. The van der Waals surface area contributed by atoms with Gasteiger partial charge in [-0.1, -0.05) is 0 Å². The zero-order chi connectivity index (χ0) is 9.30. The molecule has 1 heterocycles. The van der Waals surface area contributed by atoms with E-state index in [0.29, 0.717) is 12.8 Å². The third-order valence-corrected chi connectivity index (χ3v) is 3.62. The van der Waals surface area contributed by atoms with E-state index in [2.05, 4.69) is 4.98 Å². The van der Waals surface area contributed by atoms with Gasteiger partial charge in [0.2, 0.25) is 0 Å². The fraction of sp³-hybridized carbons (Fsp3) is 0.286. The Balaban J connectivity index is 3.33. The first-order valence-electron chi connectivity index (χ1n) is 3.12. The first kappa shape index (κ1) is 10.6. The molecule has 0 N–H and O–H groups in total. The predicted octanol–water partition coefficient (Wildman–Crippen LogP) is 3.54. The van der Waals surface area contributed by atoms with Gasteiger partial charge < -0.3 is 0 Å². The summed E-state index contributed by atoms with van der Waals surface area (Å²) in [4.78, 5) is 3.97. The van der Waals surface area contributed by atoms with Crippen molar-refractivity contribution < 1.29 is 8.78 Å². The van der Waals surface area contributed by atoms with Crippen molar-refractivity contribution in [2.75, 3.05) is 0 Å². The molecule has 0 saturated carbocycles. The van der Waals surface area contributed by atoms with Crippen LogP contribution in [0.1, 0.15) is 17.7 Å². The second kappa shape index (κ2) is 4.12. The van der Waals surface area contributed by atoms with Crippen molar-refractivity contribution >= 4 is 45.2 Å². The van der Waals surface area contributed by atoms with Crippen LogP contribution in [0.4, 0.5) is 8.78 Å². The number of rotatable bonds is 1. The van der Waals surface area contributed by atoms with Gasteiger partial charge in [-0.15, -0.1) is 0 Å². The molecule has 0 fully saturated rings. The summed E-state index contributed by atoms with van der Waals surface area (Å²) in [5, 5.41) is 0. The molecule has 1 nitrogen and oxygen atoms in total. The standard InChI is InChI=1S/C7H5F2I2N/c1-3-6(11)5(7(8)9)4(10)2-12-3/h2,7H,1H3. The fourth-order valence-corrected chi connectivity index (χ4v) is 2.61. The quantitative estimate of drug-likeness (QED) is 0.664. The van der Waals surface area contributed by atoms with Gasteiger partial charge in [0, 0.05) is 18.9 Å². The minimum absolute atomic E-state index is 0.101. The van der Waals surface area contributed by atoms with Gasteiger partial charge in [0.05, 0.1) is 5.69 Å². The number of pyridine rings is 1. The molecule has 1 aromatic heterocycles. The zero-order valence-corrected chi connectivity index (χ0v) is 10.4. The van der Waals surface area contributed by atoms with Gasteiger partial charge in [0.25, 0.3) is 6.43 Å². The van der Waals surface area contributed by atoms with Gasteiger partial charge in [-0.25, -0.2) is 8.78 Å². The van der Waals surface area contributed by atoms with Crippen molar-refractivity contribution in [2.45, 2.75) is 13.3 Å². The number of nitrogens with zero attached hydrogens (tertiary/aromatic N) is 1. The summed E-state index contributed by atoms with van der Waals surface area (Å²) in [7, 11) is 0. The summed E-state index contributed by atoms with van der Waals surface area (Å²) in [5.74, 6) is 0. The van der Waals surface area contributed by atoms with E-state index in [9.17, 15) is 8.78 Å². The van der Waals surface area contributed by atoms with Gasteiger partial charge in [-0.05, 0) is 52.1 Å². The Kier molecular flexibility index (Phi) is 3.62. The molecular formula is C7H5F2I2N. The molecule has 0 aliphatic rings. The molecule has 12 heavy (non-hydrogen) atoms. The highest BCUT2D eigenvalue weighted by molar-refractivity contribution is 14.1. The molecule has 0 radical (unpaired) electrons. The summed E-state index contributed by atoms with van der Waals surface area (Å²) < 4.78 is 26.0. The zero-order valence-electron chi connectivity index (χ0n) is 6.11. The van der Waals surface area contributed by atoms with Crippen molar-refractivity contribution in [1.29, 1.82) is 0 Å². The summed E-state index contributed by atoms with van der Waals surface area (Å²) in [6.07, 6.45) is -0.940. The number of halogens is 4. The highest BCUT2D eigenvalue weighted by Crippen LogP contribution is 2.29. The Hall–Kier alpha value is 0.470. The lowest BCUT2D eigenvalue weighted by Crippen LogP contribution is -1.98. The normalized spacial score (nSPS) is 10.8. The number of hydrogen-bond donors (Lipinski definition) is 0. The molecule has 0 saturated heterocycles.